The molecule has 0 amide bonds. The molecule has 1 saturated carbocycles. The highest BCUT2D eigenvalue weighted by Gasteiger charge is 2.23. The van der Waals surface area contributed by atoms with Crippen LogP contribution in [0.5, 0.6) is 5.75 Å². The van der Waals surface area contributed by atoms with Crippen molar-refractivity contribution in [2.45, 2.75) is 38.3 Å². The molecule has 0 bridgehead atoms. The number of nitrogens with zero attached hydrogens (tertiary/aromatic N) is 1. The highest BCUT2D eigenvalue weighted by molar-refractivity contribution is 5.94. The summed E-state index contributed by atoms with van der Waals surface area (Å²) in [5.41, 5.74) is 0.628. The Morgan fingerprint density at radius 1 is 1.50 bits per heavy atom. The van der Waals surface area contributed by atoms with Crippen LogP contribution in [0.4, 0.5) is 0 Å². The number of ketones is 1. The van der Waals surface area contributed by atoms with Gasteiger partial charge in [-0.1, -0.05) is 18.6 Å². The minimum atomic E-state index is -0.512. The number of carbonyl (C=O) groups is 1. The topological polar surface area (TPSA) is 49.8 Å². The number of carbonyl (C=O) groups excluding carboxylic acids is 1. The highest BCUT2D eigenvalue weighted by Crippen LogP contribution is 2.23. The minimum Gasteiger partial charge on any atom is -0.491 e. The van der Waals surface area contributed by atoms with Crippen LogP contribution in [0.3, 0.4) is 0 Å². The number of likely N-dealkylation sites (N-methyl/N-ethyl adjacent to an activating group) is 1. The first kappa shape index (κ1) is 15.0. The summed E-state index contributed by atoms with van der Waals surface area (Å²) >= 11 is 0. The molecule has 1 unspecified atom stereocenters. The number of aliphatic hydroxyl groups excluding tert-OH is 1. The monoisotopic (exact) mass is 277 g/mol. The van der Waals surface area contributed by atoms with Crippen LogP contribution >= 0.6 is 0 Å². The lowest BCUT2D eigenvalue weighted by Gasteiger charge is -2.35. The van der Waals surface area contributed by atoms with Gasteiger partial charge in [-0.25, -0.2) is 0 Å². The second-order valence-corrected chi connectivity index (χ2v) is 5.57. The van der Waals surface area contributed by atoms with Gasteiger partial charge < -0.3 is 14.7 Å². The largest absolute Gasteiger partial charge is 0.491 e. The average molecular weight is 277 g/mol. The Morgan fingerprint density at radius 3 is 2.85 bits per heavy atom. The summed E-state index contributed by atoms with van der Waals surface area (Å²) in [5.74, 6) is 0.642. The number of benzene rings is 1. The second-order valence-electron chi connectivity index (χ2n) is 5.57. The molecule has 4 nitrogen and oxygen atoms in total. The van der Waals surface area contributed by atoms with Crippen LogP contribution in [0.15, 0.2) is 24.3 Å². The van der Waals surface area contributed by atoms with Crippen LogP contribution in [-0.4, -0.2) is 48.1 Å². The van der Waals surface area contributed by atoms with E-state index >= 15 is 0 Å². The summed E-state index contributed by atoms with van der Waals surface area (Å²) in [4.78, 5) is 13.5. The van der Waals surface area contributed by atoms with Gasteiger partial charge in [-0.05, 0) is 38.9 Å². The third-order valence-electron chi connectivity index (χ3n) is 3.88. The van der Waals surface area contributed by atoms with Gasteiger partial charge in [-0.15, -0.1) is 0 Å². The second kappa shape index (κ2) is 6.86. The Labute approximate surface area is 120 Å². The fourth-order valence-electron chi connectivity index (χ4n) is 2.36. The highest BCUT2D eigenvalue weighted by atomic mass is 16.5. The molecule has 0 saturated heterocycles. The smallest absolute Gasteiger partial charge is 0.159 e. The van der Waals surface area contributed by atoms with Crippen LogP contribution in [0.25, 0.3) is 0 Å². The standard InChI is InChI=1S/C16H23NO3/c1-12(18)13-5-3-8-16(9-13)20-11-15(19)10-17(2)14-6-4-7-14/h3,5,8-9,14-15,19H,4,6-7,10-11H2,1-2H3. The SMILES string of the molecule is CC(=O)c1cccc(OCC(O)CN(C)C2CCC2)c1. The summed E-state index contributed by atoms with van der Waals surface area (Å²) in [6.45, 7) is 2.40. The van der Waals surface area contributed by atoms with Crippen molar-refractivity contribution < 1.29 is 14.6 Å². The molecule has 0 aromatic heterocycles. The van der Waals surface area contributed by atoms with Gasteiger partial charge in [0.05, 0.1) is 0 Å². The van der Waals surface area contributed by atoms with Gasteiger partial charge in [0, 0.05) is 18.2 Å². The summed E-state index contributed by atoms with van der Waals surface area (Å²) in [5, 5.41) is 9.99. The number of aliphatic hydroxyl groups is 1. The molecule has 4 heteroatoms. The number of rotatable bonds is 7. The lowest BCUT2D eigenvalue weighted by Crippen LogP contribution is -2.42. The molecule has 20 heavy (non-hydrogen) atoms. The molecule has 1 fully saturated rings. The van der Waals surface area contributed by atoms with Crippen molar-refractivity contribution in [1.82, 2.24) is 4.90 Å². The lowest BCUT2D eigenvalue weighted by atomic mass is 9.92. The van der Waals surface area contributed by atoms with Gasteiger partial charge in [0.25, 0.3) is 0 Å². The first-order chi connectivity index (χ1) is 9.56. The zero-order valence-corrected chi connectivity index (χ0v) is 12.2. The fraction of sp³-hybridized carbons (Fsp3) is 0.562. The van der Waals surface area contributed by atoms with Crippen molar-refractivity contribution >= 4 is 5.78 Å². The molecule has 1 aliphatic carbocycles. The van der Waals surface area contributed by atoms with Crippen LogP contribution < -0.4 is 4.74 Å². The number of Topliss-reactive ketones (excluding diaryl/α,β-unsaturated/α-hetero) is 1. The van der Waals surface area contributed by atoms with Crippen LogP contribution in [0, 0.1) is 0 Å². The van der Waals surface area contributed by atoms with Crippen LogP contribution in [0.2, 0.25) is 0 Å². The van der Waals surface area contributed by atoms with E-state index in [2.05, 4.69) is 4.90 Å². The normalized spacial score (nSPS) is 16.8. The summed E-state index contributed by atoms with van der Waals surface area (Å²) in [6.07, 6.45) is 3.23. The van der Waals surface area contributed by atoms with E-state index in [0.717, 1.165) is 0 Å². The van der Waals surface area contributed by atoms with Gasteiger partial charge in [0.1, 0.15) is 18.5 Å². The molecule has 1 aromatic rings. The number of ether oxygens (including phenoxy) is 1. The number of hydrogen-bond acceptors (Lipinski definition) is 4. The van der Waals surface area contributed by atoms with Crippen molar-refractivity contribution in [3.8, 4) is 5.75 Å². The Morgan fingerprint density at radius 2 is 2.25 bits per heavy atom. The summed E-state index contributed by atoms with van der Waals surface area (Å²) < 4.78 is 5.56. The molecule has 0 radical (unpaired) electrons. The number of hydrogen-bond donors (Lipinski definition) is 1. The fourth-order valence-corrected chi connectivity index (χ4v) is 2.36. The first-order valence-electron chi connectivity index (χ1n) is 7.18. The van der Waals surface area contributed by atoms with Gasteiger partial charge in [0.2, 0.25) is 0 Å². The average Bonchev–Trinajstić information content (AvgIpc) is 2.34. The Kier molecular flexibility index (Phi) is 5.15. The van der Waals surface area contributed by atoms with E-state index in [4.69, 9.17) is 4.74 Å². The van der Waals surface area contributed by atoms with Gasteiger partial charge in [-0.3, -0.25) is 4.79 Å². The van der Waals surface area contributed by atoms with Crippen molar-refractivity contribution in [3.63, 3.8) is 0 Å². The molecule has 0 spiro atoms. The molecule has 1 atom stereocenters. The van der Waals surface area contributed by atoms with Crippen molar-refractivity contribution in [1.29, 1.82) is 0 Å². The van der Waals surface area contributed by atoms with E-state index in [9.17, 15) is 9.90 Å². The van der Waals surface area contributed by atoms with Gasteiger partial charge in [0.15, 0.2) is 5.78 Å². The third-order valence-corrected chi connectivity index (χ3v) is 3.88. The molecule has 1 N–H and O–H groups in total. The molecule has 1 aliphatic rings. The molecule has 0 heterocycles. The van der Waals surface area contributed by atoms with E-state index in [-0.39, 0.29) is 12.4 Å². The van der Waals surface area contributed by atoms with Crippen molar-refractivity contribution in [3.05, 3.63) is 29.8 Å². The van der Waals surface area contributed by atoms with Gasteiger partial charge in [-0.2, -0.15) is 0 Å². The van der Waals surface area contributed by atoms with E-state index < -0.39 is 6.10 Å². The first-order valence-corrected chi connectivity index (χ1v) is 7.18. The van der Waals surface area contributed by atoms with Crippen LogP contribution in [0.1, 0.15) is 36.5 Å². The Hall–Kier alpha value is -1.39. The van der Waals surface area contributed by atoms with E-state index in [1.54, 1.807) is 24.3 Å². The Bertz CT molecular complexity index is 457. The molecule has 0 aliphatic heterocycles. The minimum absolute atomic E-state index is 0.0146. The maximum atomic E-state index is 11.3. The molecule has 2 rings (SSSR count). The maximum Gasteiger partial charge on any atom is 0.159 e. The quantitative estimate of drug-likeness (QED) is 0.776. The lowest BCUT2D eigenvalue weighted by molar-refractivity contribution is 0.0476. The van der Waals surface area contributed by atoms with Crippen LogP contribution in [-0.2, 0) is 0 Å². The predicted molar refractivity (Wildman–Crippen MR) is 78.2 cm³/mol. The zero-order chi connectivity index (χ0) is 14.5. The Balaban J connectivity index is 1.78. The molecule has 110 valence electrons. The summed E-state index contributed by atoms with van der Waals surface area (Å²) in [7, 11) is 2.05. The van der Waals surface area contributed by atoms with E-state index in [0.29, 0.717) is 23.9 Å². The van der Waals surface area contributed by atoms with E-state index in [1.165, 1.54) is 26.2 Å². The zero-order valence-electron chi connectivity index (χ0n) is 12.2. The van der Waals surface area contributed by atoms with Gasteiger partial charge >= 0.3 is 0 Å². The maximum absolute atomic E-state index is 11.3. The van der Waals surface area contributed by atoms with Crippen molar-refractivity contribution in [2.24, 2.45) is 0 Å². The summed E-state index contributed by atoms with van der Waals surface area (Å²) in [6, 6.07) is 7.68. The predicted octanol–water partition coefficient (Wildman–Crippen LogP) is 2.11. The molecular formula is C16H23NO3. The molecular weight excluding hydrogens is 254 g/mol. The van der Waals surface area contributed by atoms with Crippen molar-refractivity contribution in [2.75, 3.05) is 20.2 Å². The van der Waals surface area contributed by atoms with E-state index in [1.807, 2.05) is 7.05 Å². The third kappa shape index (κ3) is 4.05. The molecule has 1 aromatic carbocycles.